The first-order valence-corrected chi connectivity index (χ1v) is 9.52. The normalized spacial score (nSPS) is 12.1. The molecule has 1 N–H and O–H groups in total. The van der Waals surface area contributed by atoms with Crippen molar-refractivity contribution in [3.05, 3.63) is 63.6 Å². The average molecular weight is 394 g/mol. The Morgan fingerprint density at radius 1 is 1.08 bits per heavy atom. The van der Waals surface area contributed by atoms with Gasteiger partial charge in [0.25, 0.3) is 0 Å². The lowest BCUT2D eigenvalue weighted by Crippen LogP contribution is -2.29. The van der Waals surface area contributed by atoms with Crippen molar-refractivity contribution in [1.29, 1.82) is 0 Å². The van der Waals surface area contributed by atoms with Crippen LogP contribution in [0.2, 0.25) is 10.0 Å². The van der Waals surface area contributed by atoms with Crippen molar-refractivity contribution in [2.45, 2.75) is 39.2 Å². The first kappa shape index (κ1) is 20.6. The molecule has 0 radical (unpaired) electrons. The summed E-state index contributed by atoms with van der Waals surface area (Å²) in [5.41, 5.74) is 1.89. The summed E-state index contributed by atoms with van der Waals surface area (Å²) in [5.74, 6) is 1.25. The lowest BCUT2D eigenvalue weighted by Gasteiger charge is -2.21. The van der Waals surface area contributed by atoms with Crippen molar-refractivity contribution in [2.24, 2.45) is 5.92 Å². The van der Waals surface area contributed by atoms with Crippen LogP contribution in [0, 0.1) is 5.92 Å². The summed E-state index contributed by atoms with van der Waals surface area (Å²) >= 11 is 12.4. The first-order chi connectivity index (χ1) is 12.4. The van der Waals surface area contributed by atoms with Crippen molar-refractivity contribution in [3.8, 4) is 5.75 Å². The number of amides is 1. The van der Waals surface area contributed by atoms with Crippen LogP contribution in [-0.2, 0) is 11.2 Å². The summed E-state index contributed by atoms with van der Waals surface area (Å²) in [7, 11) is 1.64. The van der Waals surface area contributed by atoms with Crippen molar-refractivity contribution < 1.29 is 9.53 Å². The van der Waals surface area contributed by atoms with Gasteiger partial charge in [0.15, 0.2) is 0 Å². The molecule has 0 saturated heterocycles. The number of ether oxygens (including phenoxy) is 1. The molecular weight excluding hydrogens is 369 g/mol. The molecule has 3 nitrogen and oxygen atoms in total. The number of rotatable bonds is 8. The lowest BCUT2D eigenvalue weighted by atomic mass is 9.96. The second-order valence-corrected chi connectivity index (χ2v) is 7.54. The molecule has 2 rings (SSSR count). The molecule has 0 spiro atoms. The largest absolute Gasteiger partial charge is 0.497 e. The van der Waals surface area contributed by atoms with Gasteiger partial charge in [0.05, 0.1) is 13.2 Å². The van der Waals surface area contributed by atoms with Crippen LogP contribution in [0.25, 0.3) is 0 Å². The van der Waals surface area contributed by atoms with E-state index in [9.17, 15) is 4.79 Å². The van der Waals surface area contributed by atoms with Gasteiger partial charge in [-0.25, -0.2) is 0 Å². The summed E-state index contributed by atoms with van der Waals surface area (Å²) in [6, 6.07) is 13.2. The van der Waals surface area contributed by atoms with Gasteiger partial charge in [-0.15, -0.1) is 0 Å². The van der Waals surface area contributed by atoms with Gasteiger partial charge in [-0.3, -0.25) is 4.79 Å². The van der Waals surface area contributed by atoms with Crippen LogP contribution in [0.1, 0.15) is 43.9 Å². The molecule has 0 fully saturated rings. The van der Waals surface area contributed by atoms with Crippen LogP contribution in [0.15, 0.2) is 42.5 Å². The predicted octanol–water partition coefficient (Wildman–Crippen LogP) is 5.84. The molecule has 26 heavy (non-hydrogen) atoms. The zero-order valence-corrected chi connectivity index (χ0v) is 16.9. The number of carbonyl (C=O) groups excluding carboxylic acids is 1. The SMILES string of the molecule is COc1ccc(C(CC(C)C)NC(=O)CCc2c(Cl)cccc2Cl)cc1. The van der Waals surface area contributed by atoms with Crippen LogP contribution < -0.4 is 10.1 Å². The predicted molar refractivity (Wildman–Crippen MR) is 108 cm³/mol. The molecule has 0 aliphatic rings. The third kappa shape index (κ3) is 5.93. The van der Waals surface area contributed by atoms with Gasteiger partial charge in [0.2, 0.25) is 5.91 Å². The number of hydrogen-bond acceptors (Lipinski definition) is 2. The average Bonchev–Trinajstić information content (AvgIpc) is 2.60. The third-order valence-electron chi connectivity index (χ3n) is 4.22. The molecular formula is C21H25Cl2NO2. The maximum absolute atomic E-state index is 12.5. The Morgan fingerprint density at radius 3 is 2.23 bits per heavy atom. The molecule has 1 atom stereocenters. The number of hydrogen-bond donors (Lipinski definition) is 1. The fourth-order valence-corrected chi connectivity index (χ4v) is 3.45. The second-order valence-electron chi connectivity index (χ2n) is 6.72. The highest BCUT2D eigenvalue weighted by Gasteiger charge is 2.17. The standard InChI is InChI=1S/C21H25Cl2NO2/c1-14(2)13-20(15-7-9-16(26-3)10-8-15)24-21(25)12-11-17-18(22)5-4-6-19(17)23/h4-10,14,20H,11-13H2,1-3H3,(H,24,25). The number of benzene rings is 2. The lowest BCUT2D eigenvalue weighted by molar-refractivity contribution is -0.121. The summed E-state index contributed by atoms with van der Waals surface area (Å²) in [4.78, 5) is 12.5. The maximum Gasteiger partial charge on any atom is 0.220 e. The Labute approximate surface area is 165 Å². The van der Waals surface area contributed by atoms with E-state index in [1.807, 2.05) is 24.3 Å². The number of halogens is 2. The van der Waals surface area contributed by atoms with E-state index in [0.29, 0.717) is 28.8 Å². The Hall–Kier alpha value is -1.71. The minimum atomic E-state index is -0.0323. The summed E-state index contributed by atoms with van der Waals surface area (Å²) < 4.78 is 5.21. The van der Waals surface area contributed by atoms with Crippen molar-refractivity contribution in [1.82, 2.24) is 5.32 Å². The van der Waals surface area contributed by atoms with E-state index in [4.69, 9.17) is 27.9 Å². The summed E-state index contributed by atoms with van der Waals surface area (Å²) in [6.45, 7) is 4.29. The zero-order chi connectivity index (χ0) is 19.1. The van der Waals surface area contributed by atoms with Crippen molar-refractivity contribution in [3.63, 3.8) is 0 Å². The van der Waals surface area contributed by atoms with Crippen LogP contribution in [0.4, 0.5) is 0 Å². The topological polar surface area (TPSA) is 38.3 Å². The van der Waals surface area contributed by atoms with Crippen LogP contribution >= 0.6 is 23.2 Å². The summed E-state index contributed by atoms with van der Waals surface area (Å²) in [5, 5.41) is 4.34. The fourth-order valence-electron chi connectivity index (χ4n) is 2.86. The molecule has 5 heteroatoms. The van der Waals surface area contributed by atoms with Gasteiger partial charge in [-0.2, -0.15) is 0 Å². The minimum absolute atomic E-state index is 0.0116. The van der Waals surface area contributed by atoms with Crippen LogP contribution in [0.5, 0.6) is 5.75 Å². The third-order valence-corrected chi connectivity index (χ3v) is 4.93. The van der Waals surface area contributed by atoms with E-state index in [-0.39, 0.29) is 11.9 Å². The minimum Gasteiger partial charge on any atom is -0.497 e. The van der Waals surface area contributed by atoms with Crippen molar-refractivity contribution >= 4 is 29.1 Å². The molecule has 0 heterocycles. The zero-order valence-electron chi connectivity index (χ0n) is 15.4. The van der Waals surface area contributed by atoms with Gasteiger partial charge >= 0.3 is 0 Å². The molecule has 0 aliphatic heterocycles. The number of nitrogens with one attached hydrogen (secondary N) is 1. The Kier molecular flexibility index (Phi) is 7.80. The first-order valence-electron chi connectivity index (χ1n) is 8.77. The van der Waals surface area contributed by atoms with E-state index >= 15 is 0 Å². The Morgan fingerprint density at radius 2 is 1.69 bits per heavy atom. The molecule has 2 aromatic carbocycles. The van der Waals surface area contributed by atoms with Gasteiger partial charge in [-0.05, 0) is 54.2 Å². The molecule has 0 aliphatic carbocycles. The van der Waals surface area contributed by atoms with Gasteiger partial charge < -0.3 is 10.1 Å². The van der Waals surface area contributed by atoms with Crippen LogP contribution in [0.3, 0.4) is 0 Å². The summed E-state index contributed by atoms with van der Waals surface area (Å²) in [6.07, 6.45) is 1.72. The molecule has 140 valence electrons. The highest BCUT2D eigenvalue weighted by molar-refractivity contribution is 6.36. The number of carbonyl (C=O) groups is 1. The van der Waals surface area contributed by atoms with Gasteiger partial charge in [0.1, 0.15) is 5.75 Å². The maximum atomic E-state index is 12.5. The Balaban J connectivity index is 2.03. The molecule has 2 aromatic rings. The molecule has 1 amide bonds. The van der Waals surface area contributed by atoms with E-state index in [1.54, 1.807) is 25.3 Å². The smallest absolute Gasteiger partial charge is 0.220 e. The second kappa shape index (κ2) is 9.84. The van der Waals surface area contributed by atoms with Gasteiger partial charge in [-0.1, -0.05) is 55.2 Å². The molecule has 0 aromatic heterocycles. The van der Waals surface area contributed by atoms with Crippen LogP contribution in [-0.4, -0.2) is 13.0 Å². The monoisotopic (exact) mass is 393 g/mol. The Bertz CT molecular complexity index is 709. The fraction of sp³-hybridized carbons (Fsp3) is 0.381. The molecule has 0 saturated carbocycles. The molecule has 0 bridgehead atoms. The van der Waals surface area contributed by atoms with Crippen molar-refractivity contribution in [2.75, 3.05) is 7.11 Å². The quantitative estimate of drug-likeness (QED) is 0.611. The van der Waals surface area contributed by atoms with E-state index in [1.165, 1.54) is 0 Å². The highest BCUT2D eigenvalue weighted by atomic mass is 35.5. The van der Waals surface area contributed by atoms with E-state index < -0.39 is 0 Å². The van der Waals surface area contributed by atoms with E-state index in [0.717, 1.165) is 23.3 Å². The highest BCUT2D eigenvalue weighted by Crippen LogP contribution is 2.26. The molecule has 1 unspecified atom stereocenters. The number of methoxy groups -OCH3 is 1. The van der Waals surface area contributed by atoms with E-state index in [2.05, 4.69) is 19.2 Å². The van der Waals surface area contributed by atoms with Gasteiger partial charge in [0, 0.05) is 16.5 Å².